The third kappa shape index (κ3) is 8.63. The highest BCUT2D eigenvalue weighted by atomic mass is 16.3. The van der Waals surface area contributed by atoms with E-state index in [4.69, 9.17) is 4.42 Å². The highest BCUT2D eigenvalue weighted by molar-refractivity contribution is 7.00. The summed E-state index contributed by atoms with van der Waals surface area (Å²) in [6.45, 7) is 32.6. The normalized spacial score (nSPS) is 14.3. The van der Waals surface area contributed by atoms with Gasteiger partial charge in [0.25, 0.3) is 6.71 Å². The van der Waals surface area contributed by atoms with Gasteiger partial charge >= 0.3 is 0 Å². The zero-order valence-corrected chi connectivity index (χ0v) is 51.5. The average molecular weight is 1090 g/mol. The minimum Gasteiger partial charge on any atom is -0.456 e. The fourth-order valence-corrected chi connectivity index (χ4v) is 13.8. The van der Waals surface area contributed by atoms with Gasteiger partial charge < -0.3 is 19.1 Å². The maximum absolute atomic E-state index is 6.81. The van der Waals surface area contributed by atoms with Gasteiger partial charge in [-0.15, -0.1) is 0 Å². The van der Waals surface area contributed by atoms with Crippen LogP contribution in [0.4, 0.5) is 51.2 Å². The Morgan fingerprint density at radius 1 is 0.369 bits per heavy atom. The monoisotopic (exact) mass is 1090 g/mol. The summed E-state index contributed by atoms with van der Waals surface area (Å²) in [7, 11) is 0. The molecule has 0 fully saturated rings. The molecule has 0 saturated heterocycles. The lowest BCUT2D eigenvalue weighted by atomic mass is 9.33. The van der Waals surface area contributed by atoms with E-state index in [0.717, 1.165) is 56.1 Å². The van der Waals surface area contributed by atoms with Gasteiger partial charge in [-0.3, -0.25) is 0 Å². The molecule has 1 aliphatic carbocycles. The molecule has 14 rings (SSSR count). The van der Waals surface area contributed by atoms with Gasteiger partial charge in [-0.25, -0.2) is 0 Å². The molecule has 1 aromatic heterocycles. The molecule has 0 radical (unpaired) electrons. The van der Waals surface area contributed by atoms with Gasteiger partial charge in [0.2, 0.25) is 0 Å². The summed E-state index contributed by atoms with van der Waals surface area (Å²) in [6.07, 6.45) is 0. The quantitative estimate of drug-likeness (QED) is 0.155. The predicted octanol–water partition coefficient (Wildman–Crippen LogP) is 20.3. The fourth-order valence-electron chi connectivity index (χ4n) is 13.8. The molecular weight excluding hydrogens is 1020 g/mol. The Morgan fingerprint density at radius 3 is 1.49 bits per heavy atom. The van der Waals surface area contributed by atoms with Crippen LogP contribution in [0.15, 0.2) is 211 Å². The third-order valence-electron chi connectivity index (χ3n) is 18.7. The third-order valence-corrected chi connectivity index (χ3v) is 18.7. The van der Waals surface area contributed by atoms with Crippen LogP contribution in [0.5, 0.6) is 0 Å². The van der Waals surface area contributed by atoms with Crippen LogP contribution < -0.4 is 31.1 Å². The van der Waals surface area contributed by atoms with E-state index in [2.05, 4.69) is 318 Å². The number of hydrogen-bond donors (Lipinski definition) is 0. The van der Waals surface area contributed by atoms with Gasteiger partial charge in [0.1, 0.15) is 11.2 Å². The zero-order valence-electron chi connectivity index (χ0n) is 51.5. The van der Waals surface area contributed by atoms with Crippen LogP contribution in [0, 0.1) is 0 Å². The zero-order chi connectivity index (χ0) is 58.6. The summed E-state index contributed by atoms with van der Waals surface area (Å²) in [5.74, 6) is 0. The number of anilines is 9. The summed E-state index contributed by atoms with van der Waals surface area (Å²) in [5, 5.41) is 2.21. The van der Waals surface area contributed by atoms with E-state index in [1.807, 2.05) is 0 Å². The van der Waals surface area contributed by atoms with Crippen molar-refractivity contribution in [1.29, 1.82) is 0 Å². The molecule has 3 aliphatic rings. The lowest BCUT2D eigenvalue weighted by Gasteiger charge is -2.46. The Morgan fingerprint density at radius 2 is 0.893 bits per heavy atom. The molecule has 416 valence electrons. The minimum atomic E-state index is -0.193. The molecule has 5 heteroatoms. The molecule has 2 aliphatic heterocycles. The standard InChI is InChI=1S/C79H76BN3O/c1-75(2,3)51-25-31-55(32-26-51)81(59-37-39-61-63-42-50(49-20-16-15-17-21-49)24-41-72(63)84-73(61)46-59)58-38-40-66-68(45-58)82(56-33-27-52(28-34-56)76(4,5)6)70-43-54(78(10,11)12)44-71-74(70)80(66)67-47-62-60-22-18-19-23-64(60)79(13,14)65(62)48-69(67)83(71)57-35-29-53(30-36-57)77(7,8)9/h15-48H,1-14H3. The Bertz CT molecular complexity index is 4420. The van der Waals surface area contributed by atoms with Crippen LogP contribution in [0.1, 0.15) is 130 Å². The Labute approximate surface area is 498 Å². The second-order valence-corrected chi connectivity index (χ2v) is 28.7. The van der Waals surface area contributed by atoms with Crippen LogP contribution in [0.2, 0.25) is 0 Å². The van der Waals surface area contributed by atoms with Gasteiger partial charge in [0.05, 0.1) is 0 Å². The van der Waals surface area contributed by atoms with Crippen molar-refractivity contribution in [3.63, 3.8) is 0 Å². The topological polar surface area (TPSA) is 22.9 Å². The van der Waals surface area contributed by atoms with Crippen molar-refractivity contribution in [2.45, 2.75) is 124 Å². The lowest BCUT2D eigenvalue weighted by molar-refractivity contribution is 0.589. The van der Waals surface area contributed by atoms with E-state index in [1.165, 1.54) is 89.1 Å². The van der Waals surface area contributed by atoms with E-state index < -0.39 is 0 Å². The molecule has 4 nitrogen and oxygen atoms in total. The average Bonchev–Trinajstić information content (AvgIpc) is 1.00. The SMILES string of the molecule is CC(C)(C)c1ccc(N(c2ccc3c(c2)N(c2ccc(C(C)(C)C)cc2)c2cc(C(C)(C)C)cc4c2B3c2cc3c(cc2N4c2ccc(C(C)(C)C)cc2)C(C)(C)c2ccccc2-3)c2ccc3c(c2)oc2ccc(-c4ccccc4)cc23)cc1. The largest absolute Gasteiger partial charge is 0.456 e. The first kappa shape index (κ1) is 53.5. The van der Waals surface area contributed by atoms with Crippen molar-refractivity contribution in [2.24, 2.45) is 0 Å². The number of furan rings is 1. The molecule has 3 heterocycles. The Kier molecular flexibility index (Phi) is 11.9. The molecule has 10 aromatic carbocycles. The fraction of sp³-hybridized carbons (Fsp3) is 0.241. The number of benzene rings is 10. The summed E-state index contributed by atoms with van der Waals surface area (Å²) < 4.78 is 6.81. The maximum atomic E-state index is 6.81. The molecule has 0 saturated carbocycles. The first-order valence-electron chi connectivity index (χ1n) is 30.3. The van der Waals surface area contributed by atoms with Crippen LogP contribution >= 0.6 is 0 Å². The number of fused-ring (bicyclic) bond motifs is 10. The van der Waals surface area contributed by atoms with E-state index in [-0.39, 0.29) is 33.8 Å². The molecule has 0 spiro atoms. The van der Waals surface area contributed by atoms with Crippen molar-refractivity contribution in [2.75, 3.05) is 14.7 Å². The summed E-state index contributed by atoms with van der Waals surface area (Å²) in [4.78, 5) is 7.65. The molecular formula is C79H76BN3O. The van der Waals surface area contributed by atoms with Crippen LogP contribution in [0.25, 0.3) is 44.2 Å². The Balaban J connectivity index is 1.04. The minimum absolute atomic E-state index is 0.00973. The molecule has 0 bridgehead atoms. The lowest BCUT2D eigenvalue weighted by Crippen LogP contribution is -2.61. The van der Waals surface area contributed by atoms with Gasteiger partial charge in [0.15, 0.2) is 0 Å². The second-order valence-electron chi connectivity index (χ2n) is 28.7. The van der Waals surface area contributed by atoms with Crippen molar-refractivity contribution in [1.82, 2.24) is 0 Å². The van der Waals surface area contributed by atoms with E-state index in [1.54, 1.807) is 0 Å². The second kappa shape index (κ2) is 18.7. The van der Waals surface area contributed by atoms with Gasteiger partial charge in [-0.05, 0) is 185 Å². The smallest absolute Gasteiger partial charge is 0.252 e. The predicted molar refractivity (Wildman–Crippen MR) is 360 cm³/mol. The summed E-state index contributed by atoms with van der Waals surface area (Å²) in [6, 6.07) is 78.7. The number of hydrogen-bond acceptors (Lipinski definition) is 4. The number of nitrogens with zero attached hydrogens (tertiary/aromatic N) is 3. The molecule has 0 amide bonds. The Hall–Kier alpha value is -8.54. The molecule has 0 unspecified atom stereocenters. The molecule has 84 heavy (non-hydrogen) atoms. The van der Waals surface area contributed by atoms with E-state index >= 15 is 0 Å². The molecule has 0 N–H and O–H groups in total. The van der Waals surface area contributed by atoms with Gasteiger partial charge in [-0.1, -0.05) is 206 Å². The first-order valence-corrected chi connectivity index (χ1v) is 30.3. The van der Waals surface area contributed by atoms with Crippen LogP contribution in [-0.4, -0.2) is 6.71 Å². The van der Waals surface area contributed by atoms with E-state index in [9.17, 15) is 0 Å². The van der Waals surface area contributed by atoms with Gasteiger partial charge in [-0.2, -0.15) is 0 Å². The van der Waals surface area contributed by atoms with Crippen molar-refractivity contribution >= 4 is 96.2 Å². The van der Waals surface area contributed by atoms with Crippen molar-refractivity contribution in [3.05, 3.63) is 240 Å². The van der Waals surface area contributed by atoms with Crippen LogP contribution in [0.3, 0.4) is 0 Å². The van der Waals surface area contributed by atoms with Crippen LogP contribution in [-0.2, 0) is 27.1 Å². The molecule has 11 aromatic rings. The first-order chi connectivity index (χ1) is 39.9. The highest BCUT2D eigenvalue weighted by Gasteiger charge is 2.47. The highest BCUT2D eigenvalue weighted by Crippen LogP contribution is 2.53. The number of rotatable bonds is 6. The molecule has 0 atom stereocenters. The van der Waals surface area contributed by atoms with Crippen molar-refractivity contribution in [3.8, 4) is 22.3 Å². The summed E-state index contributed by atoms with van der Waals surface area (Å²) >= 11 is 0. The maximum Gasteiger partial charge on any atom is 0.252 e. The van der Waals surface area contributed by atoms with Crippen molar-refractivity contribution < 1.29 is 4.42 Å². The summed E-state index contributed by atoms with van der Waals surface area (Å²) in [5.41, 5.74) is 28.5. The van der Waals surface area contributed by atoms with E-state index in [0.29, 0.717) is 0 Å². The van der Waals surface area contributed by atoms with Gasteiger partial charge in [0, 0.05) is 73.4 Å².